The van der Waals surface area contributed by atoms with E-state index in [1.54, 1.807) is 0 Å². The minimum atomic E-state index is -0.0478. The average molecular weight is 350 g/mol. The molecule has 4 rings (SSSR count). The summed E-state index contributed by atoms with van der Waals surface area (Å²) in [5.41, 5.74) is 4.96. The summed E-state index contributed by atoms with van der Waals surface area (Å²) in [6.45, 7) is 13.1. The first kappa shape index (κ1) is 17.0. The molecule has 26 heavy (non-hydrogen) atoms. The summed E-state index contributed by atoms with van der Waals surface area (Å²) < 4.78 is 12.1. The molecule has 3 aromatic rings. The molecule has 1 unspecified atom stereocenters. The highest BCUT2D eigenvalue weighted by Crippen LogP contribution is 2.41. The van der Waals surface area contributed by atoms with Crippen LogP contribution >= 0.6 is 0 Å². The zero-order valence-electron chi connectivity index (χ0n) is 16.3. The summed E-state index contributed by atoms with van der Waals surface area (Å²) in [4.78, 5) is 4.67. The van der Waals surface area contributed by atoms with Crippen molar-refractivity contribution in [1.82, 2.24) is 4.98 Å². The van der Waals surface area contributed by atoms with Gasteiger partial charge in [-0.3, -0.25) is 0 Å². The number of ether oxygens (including phenoxy) is 1. The number of hydrogen-bond acceptors (Lipinski definition) is 4. The number of fused-ring (bicyclic) bond motifs is 2. The zero-order chi connectivity index (χ0) is 18.7. The van der Waals surface area contributed by atoms with E-state index in [9.17, 15) is 0 Å². The molecule has 2 aromatic carbocycles. The Bertz CT molecular complexity index is 914. The molecule has 0 spiro atoms. The van der Waals surface area contributed by atoms with Gasteiger partial charge in [-0.05, 0) is 23.1 Å². The SMILES string of the molecule is CC(C)(C)c1ccc(-c2nc3cc4c(cc3o2)NC(C(C)(C)C)O4)cc1. The topological polar surface area (TPSA) is 47.3 Å². The molecule has 0 bridgehead atoms. The highest BCUT2D eigenvalue weighted by molar-refractivity contribution is 5.84. The summed E-state index contributed by atoms with van der Waals surface area (Å²) in [6.07, 6.45) is -0.0478. The largest absolute Gasteiger partial charge is 0.468 e. The predicted molar refractivity (Wildman–Crippen MR) is 106 cm³/mol. The first-order chi connectivity index (χ1) is 12.1. The monoisotopic (exact) mass is 350 g/mol. The first-order valence-electron chi connectivity index (χ1n) is 9.10. The fraction of sp³-hybridized carbons (Fsp3) is 0.409. The van der Waals surface area contributed by atoms with Gasteiger partial charge in [-0.15, -0.1) is 0 Å². The summed E-state index contributed by atoms with van der Waals surface area (Å²) in [6, 6.07) is 12.4. The third kappa shape index (κ3) is 2.94. The van der Waals surface area contributed by atoms with Gasteiger partial charge < -0.3 is 14.5 Å². The van der Waals surface area contributed by atoms with Crippen LogP contribution in [0.3, 0.4) is 0 Å². The van der Waals surface area contributed by atoms with E-state index in [4.69, 9.17) is 9.15 Å². The maximum Gasteiger partial charge on any atom is 0.227 e. The number of oxazole rings is 1. The van der Waals surface area contributed by atoms with Crippen molar-refractivity contribution in [2.24, 2.45) is 5.41 Å². The van der Waals surface area contributed by atoms with Crippen LogP contribution in [0, 0.1) is 5.41 Å². The maximum atomic E-state index is 6.05. The fourth-order valence-electron chi connectivity index (χ4n) is 3.09. The van der Waals surface area contributed by atoms with Crippen LogP contribution in [0.5, 0.6) is 5.75 Å². The Kier molecular flexibility index (Phi) is 3.59. The molecule has 1 aliphatic rings. The molecule has 4 heteroatoms. The molecule has 1 aromatic heterocycles. The molecule has 136 valence electrons. The summed E-state index contributed by atoms with van der Waals surface area (Å²) in [5.74, 6) is 1.47. The lowest BCUT2D eigenvalue weighted by Crippen LogP contribution is -2.35. The van der Waals surface area contributed by atoms with E-state index in [1.165, 1.54) is 5.56 Å². The third-order valence-corrected chi connectivity index (χ3v) is 4.81. The van der Waals surface area contributed by atoms with Gasteiger partial charge in [0.25, 0.3) is 0 Å². The second kappa shape index (κ2) is 5.50. The smallest absolute Gasteiger partial charge is 0.227 e. The first-order valence-corrected chi connectivity index (χ1v) is 9.10. The normalized spacial score (nSPS) is 17.1. The molecule has 1 atom stereocenters. The van der Waals surface area contributed by atoms with Gasteiger partial charge in [0.05, 0.1) is 5.69 Å². The van der Waals surface area contributed by atoms with Gasteiger partial charge in [0, 0.05) is 23.1 Å². The Morgan fingerprint density at radius 2 is 1.65 bits per heavy atom. The number of nitrogens with one attached hydrogen (secondary N) is 1. The van der Waals surface area contributed by atoms with Crippen molar-refractivity contribution in [3.63, 3.8) is 0 Å². The van der Waals surface area contributed by atoms with E-state index < -0.39 is 0 Å². The number of nitrogens with zero attached hydrogens (tertiary/aromatic N) is 1. The summed E-state index contributed by atoms with van der Waals surface area (Å²) in [7, 11) is 0. The molecule has 0 aliphatic carbocycles. The van der Waals surface area contributed by atoms with Crippen LogP contribution in [0.25, 0.3) is 22.6 Å². The Hall–Kier alpha value is -2.49. The van der Waals surface area contributed by atoms with Crippen molar-refractivity contribution in [1.29, 1.82) is 0 Å². The highest BCUT2D eigenvalue weighted by atomic mass is 16.5. The molecule has 0 radical (unpaired) electrons. The molecule has 1 N–H and O–H groups in total. The zero-order valence-corrected chi connectivity index (χ0v) is 16.3. The Morgan fingerprint density at radius 1 is 0.962 bits per heavy atom. The molecule has 0 fully saturated rings. The van der Waals surface area contributed by atoms with Gasteiger partial charge in [-0.1, -0.05) is 53.7 Å². The molecule has 4 nitrogen and oxygen atoms in total. The minimum Gasteiger partial charge on any atom is -0.468 e. The van der Waals surface area contributed by atoms with Crippen LogP contribution in [0.1, 0.15) is 47.1 Å². The quantitative estimate of drug-likeness (QED) is 0.587. The summed E-state index contributed by atoms with van der Waals surface area (Å²) >= 11 is 0. The number of anilines is 1. The van der Waals surface area contributed by atoms with Crippen molar-refractivity contribution in [3.8, 4) is 17.2 Å². The second-order valence-corrected chi connectivity index (χ2v) is 9.17. The van der Waals surface area contributed by atoms with Crippen LogP contribution in [-0.4, -0.2) is 11.2 Å². The summed E-state index contributed by atoms with van der Waals surface area (Å²) in [5, 5.41) is 3.43. The van der Waals surface area contributed by atoms with Crippen molar-refractivity contribution >= 4 is 16.8 Å². The van der Waals surface area contributed by atoms with E-state index in [1.807, 2.05) is 12.1 Å². The molecule has 0 saturated heterocycles. The third-order valence-electron chi connectivity index (χ3n) is 4.81. The van der Waals surface area contributed by atoms with Gasteiger partial charge in [0.15, 0.2) is 11.8 Å². The predicted octanol–water partition coefficient (Wildman–Crippen LogP) is 5.97. The number of benzene rings is 2. The van der Waals surface area contributed by atoms with Gasteiger partial charge in [-0.25, -0.2) is 4.98 Å². The van der Waals surface area contributed by atoms with Crippen LogP contribution in [0.15, 0.2) is 40.8 Å². The van der Waals surface area contributed by atoms with Crippen LogP contribution in [-0.2, 0) is 5.41 Å². The van der Waals surface area contributed by atoms with E-state index in [-0.39, 0.29) is 17.1 Å². The Morgan fingerprint density at radius 3 is 2.27 bits per heavy atom. The average Bonchev–Trinajstić information content (AvgIpc) is 3.14. The van der Waals surface area contributed by atoms with Crippen molar-refractivity contribution in [2.45, 2.75) is 53.2 Å². The second-order valence-electron chi connectivity index (χ2n) is 9.17. The number of aromatic nitrogens is 1. The fourth-order valence-corrected chi connectivity index (χ4v) is 3.09. The lowest BCUT2D eigenvalue weighted by Gasteiger charge is -2.26. The van der Waals surface area contributed by atoms with Gasteiger partial charge in [-0.2, -0.15) is 0 Å². The molecular formula is C22H26N2O2. The van der Waals surface area contributed by atoms with Crippen molar-refractivity contribution in [2.75, 3.05) is 5.32 Å². The number of rotatable bonds is 1. The van der Waals surface area contributed by atoms with E-state index in [2.05, 4.69) is 76.1 Å². The van der Waals surface area contributed by atoms with E-state index in [0.29, 0.717) is 5.89 Å². The Labute approximate surface area is 154 Å². The van der Waals surface area contributed by atoms with Crippen molar-refractivity contribution in [3.05, 3.63) is 42.0 Å². The molecule has 0 amide bonds. The van der Waals surface area contributed by atoms with Gasteiger partial charge in [0.1, 0.15) is 11.3 Å². The molecule has 1 aliphatic heterocycles. The lowest BCUT2D eigenvalue weighted by atomic mass is 9.87. The Balaban J connectivity index is 1.66. The van der Waals surface area contributed by atoms with Crippen LogP contribution < -0.4 is 10.1 Å². The van der Waals surface area contributed by atoms with Crippen molar-refractivity contribution < 1.29 is 9.15 Å². The van der Waals surface area contributed by atoms with Crippen LogP contribution in [0.4, 0.5) is 5.69 Å². The molecule has 0 saturated carbocycles. The van der Waals surface area contributed by atoms with E-state index in [0.717, 1.165) is 28.1 Å². The maximum absolute atomic E-state index is 6.05. The minimum absolute atomic E-state index is 0.00749. The number of hydrogen-bond donors (Lipinski definition) is 1. The van der Waals surface area contributed by atoms with Gasteiger partial charge >= 0.3 is 0 Å². The highest BCUT2D eigenvalue weighted by Gasteiger charge is 2.33. The van der Waals surface area contributed by atoms with Gasteiger partial charge in [0.2, 0.25) is 5.89 Å². The van der Waals surface area contributed by atoms with Crippen LogP contribution in [0.2, 0.25) is 0 Å². The lowest BCUT2D eigenvalue weighted by molar-refractivity contribution is 0.127. The molecular weight excluding hydrogens is 324 g/mol. The molecule has 2 heterocycles. The standard InChI is InChI=1S/C22H26N2O2/c1-21(2,3)14-9-7-13(8-10-14)19-23-15-11-18-16(12-17(15)25-19)24-20(26-18)22(4,5)6/h7-12,20,24H,1-6H3. The van der Waals surface area contributed by atoms with E-state index >= 15 is 0 Å².